The van der Waals surface area contributed by atoms with E-state index in [2.05, 4.69) is 31.4 Å². The van der Waals surface area contributed by atoms with Crippen molar-refractivity contribution in [1.82, 2.24) is 5.32 Å². The number of anilines is 1. The molecule has 0 saturated heterocycles. The second-order valence-electron chi connectivity index (χ2n) is 6.78. The molecule has 0 fully saturated rings. The molecule has 23 heavy (non-hydrogen) atoms. The maximum atomic E-state index is 11.6. The summed E-state index contributed by atoms with van der Waals surface area (Å²) in [5.41, 5.74) is 1.81. The van der Waals surface area contributed by atoms with Crippen molar-refractivity contribution in [3.8, 4) is 5.75 Å². The largest absolute Gasteiger partial charge is 0.490 e. The fourth-order valence-electron chi connectivity index (χ4n) is 2.38. The van der Waals surface area contributed by atoms with Gasteiger partial charge in [-0.15, -0.1) is 12.4 Å². The van der Waals surface area contributed by atoms with Gasteiger partial charge in [0.15, 0.2) is 0 Å². The van der Waals surface area contributed by atoms with Gasteiger partial charge in [0.05, 0.1) is 0 Å². The summed E-state index contributed by atoms with van der Waals surface area (Å²) >= 11 is 0. The number of hydrogen-bond donors (Lipinski definition) is 3. The summed E-state index contributed by atoms with van der Waals surface area (Å²) in [5, 5.41) is 16.2. The molecule has 1 aromatic rings. The zero-order chi connectivity index (χ0) is 16.2. The smallest absolute Gasteiger partial charge is 0.224 e. The standard InChI is InChI=1S/C17H26N2O3.ClH/c1-17(2,3)18-10-12(20)11-22-15-8-5-7-14-13(15)6-4-9-16(21)19-14;/h5,7-8,12,18,20H,4,6,9-11H2,1-3H3,(H,19,21);1H. The van der Waals surface area contributed by atoms with Crippen LogP contribution in [0.5, 0.6) is 5.75 Å². The molecule has 5 nitrogen and oxygen atoms in total. The van der Waals surface area contributed by atoms with Crippen molar-refractivity contribution in [2.45, 2.75) is 51.7 Å². The SMILES string of the molecule is CC(C)(C)NCC(O)COc1cccc2c1CCCC(=O)N2.Cl. The highest BCUT2D eigenvalue weighted by atomic mass is 35.5. The first-order valence-electron chi connectivity index (χ1n) is 7.83. The predicted molar refractivity (Wildman–Crippen MR) is 94.5 cm³/mol. The van der Waals surface area contributed by atoms with Gasteiger partial charge in [0.2, 0.25) is 5.91 Å². The van der Waals surface area contributed by atoms with Crippen LogP contribution in [-0.4, -0.2) is 35.8 Å². The van der Waals surface area contributed by atoms with E-state index in [1.807, 2.05) is 18.2 Å². The van der Waals surface area contributed by atoms with Gasteiger partial charge in [-0.3, -0.25) is 4.79 Å². The number of carbonyl (C=O) groups is 1. The van der Waals surface area contributed by atoms with Gasteiger partial charge in [0.1, 0.15) is 18.5 Å². The maximum Gasteiger partial charge on any atom is 0.224 e. The highest BCUT2D eigenvalue weighted by molar-refractivity contribution is 5.92. The summed E-state index contributed by atoms with van der Waals surface area (Å²) < 4.78 is 5.78. The minimum absolute atomic E-state index is 0. The van der Waals surface area contributed by atoms with E-state index in [-0.39, 0.29) is 30.5 Å². The molecule has 1 aliphatic rings. The molecule has 0 radical (unpaired) electrons. The number of hydrogen-bond acceptors (Lipinski definition) is 4. The zero-order valence-electron chi connectivity index (χ0n) is 14.0. The van der Waals surface area contributed by atoms with Gasteiger partial charge in [-0.1, -0.05) is 6.07 Å². The van der Waals surface area contributed by atoms with Crippen LogP contribution in [0.1, 0.15) is 39.2 Å². The quantitative estimate of drug-likeness (QED) is 0.769. The molecule has 1 unspecified atom stereocenters. The number of β-amino-alcohol motifs (C(OH)–C–C–N with tert-alkyl or cyclic N) is 1. The van der Waals surface area contributed by atoms with Gasteiger partial charge in [0.25, 0.3) is 0 Å². The first-order chi connectivity index (χ1) is 10.3. The molecule has 0 saturated carbocycles. The monoisotopic (exact) mass is 342 g/mol. The first kappa shape index (κ1) is 19.7. The number of benzene rings is 1. The second kappa shape index (κ2) is 8.52. The Balaban J connectivity index is 0.00000264. The van der Waals surface area contributed by atoms with Crippen LogP contribution < -0.4 is 15.4 Å². The summed E-state index contributed by atoms with van der Waals surface area (Å²) in [6.07, 6.45) is 1.58. The lowest BCUT2D eigenvalue weighted by atomic mass is 10.1. The minimum Gasteiger partial charge on any atom is -0.490 e. The van der Waals surface area contributed by atoms with Crippen molar-refractivity contribution in [3.63, 3.8) is 0 Å². The number of aliphatic hydroxyl groups is 1. The van der Waals surface area contributed by atoms with Crippen molar-refractivity contribution in [2.24, 2.45) is 0 Å². The molecule has 1 aliphatic heterocycles. The van der Waals surface area contributed by atoms with Crippen LogP contribution in [0.2, 0.25) is 0 Å². The van der Waals surface area contributed by atoms with E-state index in [0.717, 1.165) is 29.8 Å². The number of rotatable bonds is 5. The Morgan fingerprint density at radius 1 is 1.35 bits per heavy atom. The third kappa shape index (κ3) is 6.37. The molecule has 6 heteroatoms. The molecule has 0 aromatic heterocycles. The van der Waals surface area contributed by atoms with Crippen LogP contribution in [0.3, 0.4) is 0 Å². The number of carbonyl (C=O) groups excluding carboxylic acids is 1. The van der Waals surface area contributed by atoms with E-state index in [1.165, 1.54) is 0 Å². The van der Waals surface area contributed by atoms with Crippen LogP contribution in [0.15, 0.2) is 18.2 Å². The fourth-order valence-corrected chi connectivity index (χ4v) is 2.38. The number of aliphatic hydroxyl groups excluding tert-OH is 1. The summed E-state index contributed by atoms with van der Waals surface area (Å²) in [6.45, 7) is 6.88. The Kier molecular flexibility index (Phi) is 7.32. The molecule has 2 rings (SSSR count). The molecule has 3 N–H and O–H groups in total. The van der Waals surface area contributed by atoms with Crippen LogP contribution in [0, 0.1) is 0 Å². The number of ether oxygens (including phenoxy) is 1. The van der Waals surface area contributed by atoms with Gasteiger partial charge in [-0.05, 0) is 45.7 Å². The molecular formula is C17H27ClN2O3. The summed E-state index contributed by atoms with van der Waals surface area (Å²) in [7, 11) is 0. The highest BCUT2D eigenvalue weighted by Gasteiger charge is 2.17. The minimum atomic E-state index is -0.574. The molecule has 130 valence electrons. The third-order valence-electron chi connectivity index (χ3n) is 3.54. The second-order valence-corrected chi connectivity index (χ2v) is 6.78. The number of halogens is 1. The molecular weight excluding hydrogens is 316 g/mol. The molecule has 0 aliphatic carbocycles. The third-order valence-corrected chi connectivity index (χ3v) is 3.54. The van der Waals surface area contributed by atoms with Gasteiger partial charge in [-0.25, -0.2) is 0 Å². The lowest BCUT2D eigenvalue weighted by Crippen LogP contribution is -2.42. The summed E-state index contributed by atoms with van der Waals surface area (Å²) in [4.78, 5) is 11.6. The van der Waals surface area contributed by atoms with Crippen molar-refractivity contribution in [2.75, 3.05) is 18.5 Å². The number of amides is 1. The first-order valence-corrected chi connectivity index (χ1v) is 7.83. The molecule has 1 heterocycles. The Labute approximate surface area is 144 Å². The average Bonchev–Trinajstić information content (AvgIpc) is 2.63. The van der Waals surface area contributed by atoms with Crippen LogP contribution >= 0.6 is 12.4 Å². The summed E-state index contributed by atoms with van der Waals surface area (Å²) in [5.74, 6) is 0.792. The summed E-state index contributed by atoms with van der Waals surface area (Å²) in [6, 6.07) is 5.64. The lowest BCUT2D eigenvalue weighted by molar-refractivity contribution is -0.116. The zero-order valence-corrected chi connectivity index (χ0v) is 14.8. The van der Waals surface area contributed by atoms with E-state index in [4.69, 9.17) is 4.74 Å². The van der Waals surface area contributed by atoms with Crippen molar-refractivity contribution < 1.29 is 14.6 Å². The Hall–Kier alpha value is -1.30. The fraction of sp³-hybridized carbons (Fsp3) is 0.588. The lowest BCUT2D eigenvalue weighted by Gasteiger charge is -2.23. The molecule has 0 bridgehead atoms. The van der Waals surface area contributed by atoms with Gasteiger partial charge < -0.3 is 20.5 Å². The van der Waals surface area contributed by atoms with Crippen LogP contribution in [-0.2, 0) is 11.2 Å². The van der Waals surface area contributed by atoms with Crippen molar-refractivity contribution in [1.29, 1.82) is 0 Å². The molecule has 1 aromatic carbocycles. The van der Waals surface area contributed by atoms with E-state index in [0.29, 0.717) is 13.0 Å². The van der Waals surface area contributed by atoms with Gasteiger partial charge in [-0.2, -0.15) is 0 Å². The van der Waals surface area contributed by atoms with E-state index < -0.39 is 6.10 Å². The number of nitrogens with one attached hydrogen (secondary N) is 2. The van der Waals surface area contributed by atoms with Crippen molar-refractivity contribution >= 4 is 24.0 Å². The Morgan fingerprint density at radius 3 is 2.78 bits per heavy atom. The Morgan fingerprint density at radius 2 is 2.09 bits per heavy atom. The predicted octanol–water partition coefficient (Wildman–Crippen LogP) is 2.51. The average molecular weight is 343 g/mol. The topological polar surface area (TPSA) is 70.6 Å². The van der Waals surface area contributed by atoms with E-state index in [9.17, 15) is 9.90 Å². The van der Waals surface area contributed by atoms with E-state index in [1.54, 1.807) is 0 Å². The molecule has 0 spiro atoms. The maximum absolute atomic E-state index is 11.6. The normalized spacial score (nSPS) is 15.7. The van der Waals surface area contributed by atoms with Crippen molar-refractivity contribution in [3.05, 3.63) is 23.8 Å². The van der Waals surface area contributed by atoms with Crippen LogP contribution in [0.4, 0.5) is 5.69 Å². The van der Waals surface area contributed by atoms with Crippen LogP contribution in [0.25, 0.3) is 0 Å². The van der Waals surface area contributed by atoms with E-state index >= 15 is 0 Å². The highest BCUT2D eigenvalue weighted by Crippen LogP contribution is 2.30. The molecule has 1 atom stereocenters. The van der Waals surface area contributed by atoms with Gasteiger partial charge in [0, 0.05) is 29.8 Å². The Bertz CT molecular complexity index is 529. The number of fused-ring (bicyclic) bond motifs is 1. The molecule has 1 amide bonds. The van der Waals surface area contributed by atoms with Gasteiger partial charge >= 0.3 is 0 Å².